The second kappa shape index (κ2) is 7.39. The molecule has 1 aromatic heterocycles. The minimum Gasteiger partial charge on any atom is -0.392 e. The predicted molar refractivity (Wildman–Crippen MR) is 93.8 cm³/mol. The second-order valence-corrected chi connectivity index (χ2v) is 7.36. The number of nitrogens with zero attached hydrogens (tertiary/aromatic N) is 1. The van der Waals surface area contributed by atoms with Crippen molar-refractivity contribution in [2.75, 3.05) is 13.1 Å². The van der Waals surface area contributed by atoms with E-state index in [0.29, 0.717) is 5.92 Å². The third-order valence-electron chi connectivity index (χ3n) is 4.48. The van der Waals surface area contributed by atoms with E-state index in [9.17, 15) is 9.90 Å². The summed E-state index contributed by atoms with van der Waals surface area (Å²) >= 11 is 1.55. The lowest BCUT2D eigenvalue weighted by Crippen LogP contribution is -2.20. The third-order valence-corrected chi connectivity index (χ3v) is 5.56. The van der Waals surface area contributed by atoms with Crippen molar-refractivity contribution in [2.24, 2.45) is 5.92 Å². The van der Waals surface area contributed by atoms with Gasteiger partial charge in [-0.05, 0) is 60.4 Å². The first-order valence-corrected chi connectivity index (χ1v) is 9.01. The summed E-state index contributed by atoms with van der Waals surface area (Å²) in [6, 6.07) is 10.3. The number of benzene rings is 1. The molecule has 1 N–H and O–H groups in total. The maximum absolute atomic E-state index is 11.4. The molecule has 1 atom stereocenters. The highest BCUT2D eigenvalue weighted by Crippen LogP contribution is 2.24. The largest absolute Gasteiger partial charge is 0.392 e. The lowest BCUT2D eigenvalue weighted by Gasteiger charge is -2.15. The molecule has 3 rings (SSSR count). The number of Topliss-reactive ketones (excluding diaryl/α,β-unsaturated/α-hetero) is 1. The molecule has 2 aromatic rings. The van der Waals surface area contributed by atoms with E-state index in [0.717, 1.165) is 36.5 Å². The van der Waals surface area contributed by atoms with Gasteiger partial charge in [-0.3, -0.25) is 9.69 Å². The fraction of sp³-hybridized carbons (Fsp3) is 0.421. The van der Waals surface area contributed by atoms with Crippen molar-refractivity contribution in [1.82, 2.24) is 4.90 Å². The first kappa shape index (κ1) is 16.4. The van der Waals surface area contributed by atoms with Crippen LogP contribution in [0.3, 0.4) is 0 Å². The highest BCUT2D eigenvalue weighted by molar-refractivity contribution is 7.12. The molecule has 3 nitrogen and oxygen atoms in total. The van der Waals surface area contributed by atoms with Gasteiger partial charge in [0.1, 0.15) is 0 Å². The Balaban J connectivity index is 1.54. The minimum absolute atomic E-state index is 0.112. The van der Waals surface area contributed by atoms with E-state index in [1.54, 1.807) is 18.3 Å². The maximum atomic E-state index is 11.4. The van der Waals surface area contributed by atoms with E-state index < -0.39 is 0 Å². The molecule has 0 bridgehead atoms. The van der Waals surface area contributed by atoms with E-state index in [1.165, 1.54) is 17.5 Å². The number of likely N-dealkylation sites (tertiary alicyclic amines) is 1. The van der Waals surface area contributed by atoms with Crippen molar-refractivity contribution in [3.8, 4) is 0 Å². The molecule has 122 valence electrons. The van der Waals surface area contributed by atoms with Gasteiger partial charge in [0, 0.05) is 13.1 Å². The molecule has 23 heavy (non-hydrogen) atoms. The molecule has 1 aliphatic heterocycles. The topological polar surface area (TPSA) is 40.5 Å². The summed E-state index contributed by atoms with van der Waals surface area (Å²) in [5.41, 5.74) is 3.56. The van der Waals surface area contributed by atoms with Gasteiger partial charge in [0.15, 0.2) is 5.78 Å². The van der Waals surface area contributed by atoms with Gasteiger partial charge in [-0.25, -0.2) is 0 Å². The molecule has 0 amide bonds. The number of carbonyl (C=O) groups excluding carboxylic acids is 1. The van der Waals surface area contributed by atoms with E-state index >= 15 is 0 Å². The summed E-state index contributed by atoms with van der Waals surface area (Å²) in [5, 5.41) is 11.3. The lowest BCUT2D eigenvalue weighted by molar-refractivity contribution is 0.102. The van der Waals surface area contributed by atoms with Crippen molar-refractivity contribution < 1.29 is 9.90 Å². The minimum atomic E-state index is 0.112. The Kier molecular flexibility index (Phi) is 5.26. The number of aliphatic hydroxyl groups excluding tert-OH is 1. The Morgan fingerprint density at radius 3 is 2.87 bits per heavy atom. The average Bonchev–Trinajstić information content (AvgIpc) is 3.18. The van der Waals surface area contributed by atoms with Gasteiger partial charge in [0.2, 0.25) is 0 Å². The van der Waals surface area contributed by atoms with Crippen LogP contribution < -0.4 is 0 Å². The molecule has 1 unspecified atom stereocenters. The third kappa shape index (κ3) is 4.28. The molecule has 0 radical (unpaired) electrons. The summed E-state index contributed by atoms with van der Waals surface area (Å²) in [4.78, 5) is 14.7. The van der Waals surface area contributed by atoms with Crippen LogP contribution in [0, 0.1) is 5.92 Å². The second-order valence-electron chi connectivity index (χ2n) is 6.45. The van der Waals surface area contributed by atoms with Gasteiger partial charge in [0.05, 0.1) is 11.5 Å². The van der Waals surface area contributed by atoms with E-state index in [2.05, 4.69) is 22.4 Å². The monoisotopic (exact) mass is 329 g/mol. The van der Waals surface area contributed by atoms with Crippen LogP contribution in [-0.2, 0) is 19.6 Å². The Bertz CT molecular complexity index is 680. The van der Waals surface area contributed by atoms with Crippen LogP contribution in [0.5, 0.6) is 0 Å². The Morgan fingerprint density at radius 1 is 1.30 bits per heavy atom. The van der Waals surface area contributed by atoms with E-state index in [4.69, 9.17) is 0 Å². The van der Waals surface area contributed by atoms with Crippen LogP contribution >= 0.6 is 11.3 Å². The molecule has 0 saturated carbocycles. The number of rotatable bonds is 6. The van der Waals surface area contributed by atoms with Crippen LogP contribution in [0.4, 0.5) is 0 Å². The Hall–Kier alpha value is -1.49. The SMILES string of the molecule is CC(=O)c1cc(CN2CCC(Cc3cccc(CO)c3)C2)cs1. The molecule has 0 spiro atoms. The van der Waals surface area contributed by atoms with Crippen molar-refractivity contribution in [2.45, 2.75) is 32.9 Å². The molecule has 1 aromatic carbocycles. The summed E-state index contributed by atoms with van der Waals surface area (Å²) < 4.78 is 0. The van der Waals surface area contributed by atoms with Crippen molar-refractivity contribution in [3.63, 3.8) is 0 Å². The standard InChI is InChI=1S/C19H23NO2S/c1-14(22)19-9-18(13-23-19)11-20-6-5-16(10-20)7-15-3-2-4-17(8-15)12-21/h2-4,8-9,13,16,21H,5-7,10-12H2,1H3. The highest BCUT2D eigenvalue weighted by Gasteiger charge is 2.23. The van der Waals surface area contributed by atoms with Gasteiger partial charge < -0.3 is 5.11 Å². The fourth-order valence-corrected chi connectivity index (χ4v) is 4.12. The zero-order valence-electron chi connectivity index (χ0n) is 13.5. The summed E-state index contributed by atoms with van der Waals surface area (Å²) in [6.07, 6.45) is 2.29. The van der Waals surface area contributed by atoms with Crippen LogP contribution in [0.1, 0.15) is 39.7 Å². The maximum Gasteiger partial charge on any atom is 0.169 e. The molecule has 1 fully saturated rings. The number of aliphatic hydroxyl groups is 1. The molecule has 0 aliphatic carbocycles. The number of hydrogen-bond donors (Lipinski definition) is 1. The summed E-state index contributed by atoms with van der Waals surface area (Å²) in [7, 11) is 0. The first-order chi connectivity index (χ1) is 11.1. The highest BCUT2D eigenvalue weighted by atomic mass is 32.1. The average molecular weight is 329 g/mol. The molecule has 4 heteroatoms. The number of hydrogen-bond acceptors (Lipinski definition) is 4. The molecular weight excluding hydrogens is 306 g/mol. The normalized spacial score (nSPS) is 18.4. The summed E-state index contributed by atoms with van der Waals surface area (Å²) in [6.45, 7) is 4.91. The van der Waals surface area contributed by atoms with E-state index in [-0.39, 0.29) is 12.4 Å². The zero-order valence-corrected chi connectivity index (χ0v) is 14.3. The quantitative estimate of drug-likeness (QED) is 0.825. The molecule has 2 heterocycles. The van der Waals surface area contributed by atoms with Crippen molar-refractivity contribution >= 4 is 17.1 Å². The van der Waals surface area contributed by atoms with Gasteiger partial charge >= 0.3 is 0 Å². The van der Waals surface area contributed by atoms with Gasteiger partial charge in [0.25, 0.3) is 0 Å². The van der Waals surface area contributed by atoms with Gasteiger partial charge in [-0.2, -0.15) is 0 Å². The lowest BCUT2D eigenvalue weighted by atomic mass is 9.97. The van der Waals surface area contributed by atoms with Gasteiger partial charge in [-0.1, -0.05) is 24.3 Å². The summed E-state index contributed by atoms with van der Waals surface area (Å²) in [5.74, 6) is 0.833. The molecule has 1 saturated heterocycles. The first-order valence-electron chi connectivity index (χ1n) is 8.13. The predicted octanol–water partition coefficient (Wildman–Crippen LogP) is 3.51. The number of carbonyl (C=O) groups is 1. The number of ketones is 1. The van der Waals surface area contributed by atoms with E-state index in [1.807, 2.05) is 18.2 Å². The Labute approximate surface area is 141 Å². The zero-order chi connectivity index (χ0) is 16.2. The van der Waals surface area contributed by atoms with Crippen LogP contribution in [0.2, 0.25) is 0 Å². The Morgan fingerprint density at radius 2 is 2.13 bits per heavy atom. The number of thiophene rings is 1. The van der Waals surface area contributed by atoms with Crippen molar-refractivity contribution in [1.29, 1.82) is 0 Å². The smallest absolute Gasteiger partial charge is 0.169 e. The van der Waals surface area contributed by atoms with Crippen LogP contribution in [0.25, 0.3) is 0 Å². The molecular formula is C19H23NO2S. The molecule has 1 aliphatic rings. The van der Waals surface area contributed by atoms with Crippen LogP contribution in [-0.4, -0.2) is 28.9 Å². The fourth-order valence-electron chi connectivity index (χ4n) is 3.31. The van der Waals surface area contributed by atoms with Crippen molar-refractivity contribution in [3.05, 3.63) is 57.3 Å². The van der Waals surface area contributed by atoms with Gasteiger partial charge in [-0.15, -0.1) is 11.3 Å². The van der Waals surface area contributed by atoms with Crippen LogP contribution in [0.15, 0.2) is 35.7 Å².